The molecule has 6 atom stereocenters. The fourth-order valence-corrected chi connectivity index (χ4v) is 7.91. The summed E-state index contributed by atoms with van der Waals surface area (Å²) in [6.07, 6.45) is 18.5. The topological polar surface area (TPSA) is 0 Å². The van der Waals surface area contributed by atoms with Crippen LogP contribution in [-0.2, 0) is 0 Å². The Morgan fingerprint density at radius 2 is 1.17 bits per heavy atom. The van der Waals surface area contributed by atoms with Crippen molar-refractivity contribution in [3.8, 4) is 0 Å². The lowest BCUT2D eigenvalue weighted by molar-refractivity contribution is 0.0195. The summed E-state index contributed by atoms with van der Waals surface area (Å²) in [5, 5.41) is 0. The summed E-state index contributed by atoms with van der Waals surface area (Å²) in [6.45, 7) is 7.95. The van der Waals surface area contributed by atoms with E-state index in [-0.39, 0.29) is 0 Å². The Kier molecular flexibility index (Phi) is 4.57. The van der Waals surface area contributed by atoms with Crippen LogP contribution in [0, 0.1) is 46.8 Å². The summed E-state index contributed by atoms with van der Waals surface area (Å²) in [4.78, 5) is 0. The van der Waals surface area contributed by atoms with Crippen LogP contribution in [0.15, 0.2) is 0 Å². The Morgan fingerprint density at radius 1 is 0.565 bits per heavy atom. The smallest absolute Gasteiger partial charge is 0.0297 e. The maximum absolute atomic E-state index is 2.65. The Labute approximate surface area is 145 Å². The van der Waals surface area contributed by atoms with Gasteiger partial charge in [-0.05, 0) is 91.8 Å². The molecule has 0 spiro atoms. The van der Waals surface area contributed by atoms with Gasteiger partial charge < -0.3 is 0 Å². The van der Waals surface area contributed by atoms with Gasteiger partial charge in [-0.3, -0.25) is 0 Å². The Hall–Kier alpha value is 0. The Balaban J connectivity index is 1.47. The summed E-state index contributed by atoms with van der Waals surface area (Å²) in [5.74, 6) is 7.53. The third kappa shape index (κ3) is 2.81. The van der Waals surface area contributed by atoms with Gasteiger partial charge in [0.05, 0.1) is 0 Å². The lowest BCUT2D eigenvalue weighted by Crippen LogP contribution is -2.39. The first-order valence-electron chi connectivity index (χ1n) is 11.1. The normalized spacial score (nSPS) is 45.5. The second-order valence-corrected chi connectivity index (χ2v) is 10.5. The van der Waals surface area contributed by atoms with Crippen molar-refractivity contribution in [1.29, 1.82) is 0 Å². The van der Waals surface area contributed by atoms with Gasteiger partial charge in [0.15, 0.2) is 0 Å². The van der Waals surface area contributed by atoms with E-state index in [0.29, 0.717) is 5.41 Å². The molecule has 0 saturated heterocycles. The lowest BCUT2D eigenvalue weighted by atomic mass is 9.57. The van der Waals surface area contributed by atoms with Crippen molar-refractivity contribution in [2.24, 2.45) is 46.8 Å². The van der Waals surface area contributed by atoms with Crippen LogP contribution in [0.3, 0.4) is 0 Å². The first kappa shape index (κ1) is 16.5. The minimum absolute atomic E-state index is 0.610. The maximum Gasteiger partial charge on any atom is -0.0297 e. The van der Waals surface area contributed by atoms with Gasteiger partial charge in [-0.1, -0.05) is 52.9 Å². The predicted molar refractivity (Wildman–Crippen MR) is 99.3 cm³/mol. The number of fused-ring (bicyclic) bond motifs is 3. The number of hydrogen-bond donors (Lipinski definition) is 0. The molecule has 0 aromatic heterocycles. The Morgan fingerprint density at radius 3 is 1.91 bits per heavy atom. The fourth-order valence-electron chi connectivity index (χ4n) is 7.91. The van der Waals surface area contributed by atoms with E-state index in [2.05, 4.69) is 20.8 Å². The second-order valence-electron chi connectivity index (χ2n) is 10.5. The van der Waals surface area contributed by atoms with Crippen LogP contribution in [0.25, 0.3) is 0 Å². The van der Waals surface area contributed by atoms with Crippen LogP contribution in [0.4, 0.5) is 0 Å². The van der Waals surface area contributed by atoms with E-state index in [4.69, 9.17) is 0 Å². The standard InChI is InChI=1S/C23H40/c1-16-19-11-7-8-12-20(19)21-14-13-18(15-22(16)21)23(2,3)17-9-5-4-6-10-17/h16-22H,4-15H2,1-3H3. The molecule has 0 heterocycles. The molecule has 4 aliphatic rings. The van der Waals surface area contributed by atoms with Crippen LogP contribution in [0.5, 0.6) is 0 Å². The highest BCUT2D eigenvalue weighted by atomic mass is 14.6. The molecule has 0 aromatic carbocycles. The highest BCUT2D eigenvalue weighted by Gasteiger charge is 2.52. The van der Waals surface area contributed by atoms with Crippen LogP contribution < -0.4 is 0 Å². The van der Waals surface area contributed by atoms with Crippen molar-refractivity contribution in [3.05, 3.63) is 0 Å². The van der Waals surface area contributed by atoms with Crippen molar-refractivity contribution >= 4 is 0 Å². The maximum atomic E-state index is 2.65. The van der Waals surface area contributed by atoms with Crippen molar-refractivity contribution in [2.75, 3.05) is 0 Å². The van der Waals surface area contributed by atoms with E-state index < -0.39 is 0 Å². The summed E-state index contributed by atoms with van der Waals surface area (Å²) >= 11 is 0. The molecule has 4 fully saturated rings. The van der Waals surface area contributed by atoms with Crippen molar-refractivity contribution < 1.29 is 0 Å². The molecular formula is C23H40. The molecule has 132 valence electrons. The van der Waals surface area contributed by atoms with Gasteiger partial charge in [0.2, 0.25) is 0 Å². The summed E-state index contributed by atoms with van der Waals surface area (Å²) in [5.41, 5.74) is 0.610. The SMILES string of the molecule is CC1C2CCCCC2C2CCC(C(C)(C)C3CCCCC3)CC12. The van der Waals surface area contributed by atoms with Gasteiger partial charge in [0, 0.05) is 0 Å². The third-order valence-corrected chi connectivity index (χ3v) is 9.44. The van der Waals surface area contributed by atoms with E-state index >= 15 is 0 Å². The van der Waals surface area contributed by atoms with Gasteiger partial charge in [-0.15, -0.1) is 0 Å². The Bertz CT molecular complexity index is 402. The van der Waals surface area contributed by atoms with E-state index in [9.17, 15) is 0 Å². The van der Waals surface area contributed by atoms with Crippen LogP contribution >= 0.6 is 0 Å². The predicted octanol–water partition coefficient (Wildman–Crippen LogP) is 7.08. The first-order chi connectivity index (χ1) is 11.1. The van der Waals surface area contributed by atoms with Gasteiger partial charge >= 0.3 is 0 Å². The molecule has 0 aromatic rings. The van der Waals surface area contributed by atoms with E-state index in [0.717, 1.165) is 41.4 Å². The van der Waals surface area contributed by atoms with E-state index in [1.807, 2.05) is 0 Å². The second kappa shape index (κ2) is 6.38. The van der Waals surface area contributed by atoms with Gasteiger partial charge in [-0.2, -0.15) is 0 Å². The molecule has 0 amide bonds. The van der Waals surface area contributed by atoms with E-state index in [1.54, 1.807) is 32.1 Å². The highest BCUT2D eigenvalue weighted by molar-refractivity contribution is 5.01. The zero-order valence-corrected chi connectivity index (χ0v) is 16.0. The first-order valence-corrected chi connectivity index (χ1v) is 11.1. The third-order valence-electron chi connectivity index (χ3n) is 9.44. The molecule has 4 rings (SSSR count). The molecule has 0 bridgehead atoms. The lowest BCUT2D eigenvalue weighted by Gasteiger charge is -2.48. The quantitative estimate of drug-likeness (QED) is 0.510. The summed E-state index contributed by atoms with van der Waals surface area (Å²) in [6, 6.07) is 0. The van der Waals surface area contributed by atoms with Gasteiger partial charge in [0.25, 0.3) is 0 Å². The molecule has 0 aliphatic heterocycles. The van der Waals surface area contributed by atoms with Crippen LogP contribution in [-0.4, -0.2) is 0 Å². The van der Waals surface area contributed by atoms with Crippen LogP contribution in [0.1, 0.15) is 97.8 Å². The zero-order chi connectivity index (χ0) is 16.0. The average molecular weight is 317 g/mol. The van der Waals surface area contributed by atoms with Gasteiger partial charge in [-0.25, -0.2) is 0 Å². The number of hydrogen-bond acceptors (Lipinski definition) is 0. The molecule has 0 nitrogen and oxygen atoms in total. The molecule has 6 unspecified atom stereocenters. The molecule has 0 heteroatoms. The van der Waals surface area contributed by atoms with E-state index in [1.165, 1.54) is 44.9 Å². The fraction of sp³-hybridized carbons (Fsp3) is 1.00. The molecule has 23 heavy (non-hydrogen) atoms. The zero-order valence-electron chi connectivity index (χ0n) is 16.0. The monoisotopic (exact) mass is 316 g/mol. The minimum Gasteiger partial charge on any atom is -0.0620 e. The van der Waals surface area contributed by atoms with Gasteiger partial charge in [0.1, 0.15) is 0 Å². The van der Waals surface area contributed by atoms with Crippen molar-refractivity contribution in [3.63, 3.8) is 0 Å². The largest absolute Gasteiger partial charge is 0.0620 e. The van der Waals surface area contributed by atoms with Crippen molar-refractivity contribution in [2.45, 2.75) is 97.8 Å². The molecule has 0 radical (unpaired) electrons. The summed E-state index contributed by atoms with van der Waals surface area (Å²) in [7, 11) is 0. The summed E-state index contributed by atoms with van der Waals surface area (Å²) < 4.78 is 0. The molecule has 0 N–H and O–H groups in total. The number of rotatable bonds is 2. The highest BCUT2D eigenvalue weighted by Crippen LogP contribution is 2.60. The molecule has 4 aliphatic carbocycles. The molecule has 4 saturated carbocycles. The van der Waals surface area contributed by atoms with Crippen molar-refractivity contribution in [1.82, 2.24) is 0 Å². The van der Waals surface area contributed by atoms with Crippen LogP contribution in [0.2, 0.25) is 0 Å². The average Bonchev–Trinajstić information content (AvgIpc) is 2.88. The molecular weight excluding hydrogens is 276 g/mol. The minimum atomic E-state index is 0.610.